The number of anilines is 1. The second-order valence-electron chi connectivity index (χ2n) is 7.11. The normalized spacial score (nSPS) is 12.2. The van der Waals surface area contributed by atoms with E-state index in [4.69, 9.17) is 0 Å². The van der Waals surface area contributed by atoms with Crippen LogP contribution >= 0.6 is 0 Å². The minimum Gasteiger partial charge on any atom is -0.346 e. The molecule has 3 rings (SSSR count). The molecule has 0 aromatic heterocycles. The molecule has 0 bridgehead atoms. The fourth-order valence-corrected chi connectivity index (χ4v) is 4.04. The first kappa shape index (κ1) is 20.6. The second kappa shape index (κ2) is 8.49. The zero-order valence-corrected chi connectivity index (χ0v) is 17.5. The molecular formula is C23H24N2O3S. The highest BCUT2D eigenvalue weighted by atomic mass is 32.2. The quantitative estimate of drug-likeness (QED) is 0.626. The van der Waals surface area contributed by atoms with E-state index >= 15 is 0 Å². The zero-order valence-electron chi connectivity index (χ0n) is 16.6. The van der Waals surface area contributed by atoms with Crippen LogP contribution in [0.15, 0.2) is 77.7 Å². The van der Waals surface area contributed by atoms with Crippen molar-refractivity contribution in [1.82, 2.24) is 5.32 Å². The molecule has 6 heteroatoms. The number of sulfonamides is 1. The van der Waals surface area contributed by atoms with Crippen LogP contribution in [0, 0.1) is 13.8 Å². The van der Waals surface area contributed by atoms with Crippen molar-refractivity contribution in [2.75, 3.05) is 4.72 Å². The summed E-state index contributed by atoms with van der Waals surface area (Å²) in [5, 5.41) is 2.91. The first-order valence-corrected chi connectivity index (χ1v) is 10.8. The lowest BCUT2D eigenvalue weighted by molar-refractivity contribution is 0.0939. The molecule has 3 aromatic rings. The third-order valence-electron chi connectivity index (χ3n) is 4.60. The van der Waals surface area contributed by atoms with Crippen LogP contribution in [-0.2, 0) is 10.0 Å². The zero-order chi connectivity index (χ0) is 21.0. The van der Waals surface area contributed by atoms with Crippen molar-refractivity contribution in [2.24, 2.45) is 0 Å². The van der Waals surface area contributed by atoms with Crippen LogP contribution in [0.4, 0.5) is 5.69 Å². The van der Waals surface area contributed by atoms with Gasteiger partial charge in [0.2, 0.25) is 0 Å². The Morgan fingerprint density at radius 3 is 2.24 bits per heavy atom. The van der Waals surface area contributed by atoms with E-state index in [-0.39, 0.29) is 22.4 Å². The van der Waals surface area contributed by atoms with Gasteiger partial charge in [0.05, 0.1) is 10.9 Å². The number of aryl methyl sites for hydroxylation is 2. The minimum atomic E-state index is -3.80. The lowest BCUT2D eigenvalue weighted by atomic mass is 10.1. The first-order chi connectivity index (χ1) is 13.7. The van der Waals surface area contributed by atoms with Gasteiger partial charge in [-0.05, 0) is 62.2 Å². The maximum atomic E-state index is 12.7. The maximum absolute atomic E-state index is 12.7. The van der Waals surface area contributed by atoms with E-state index in [2.05, 4.69) is 10.0 Å². The van der Waals surface area contributed by atoms with Crippen LogP contribution in [0.1, 0.15) is 40.0 Å². The van der Waals surface area contributed by atoms with Gasteiger partial charge in [-0.3, -0.25) is 9.52 Å². The molecule has 1 unspecified atom stereocenters. The SMILES string of the molecule is Cc1ccc(C(C)NC(=O)c2cccc(S(=O)(=O)Nc3cccc(C)c3)c2)cc1. The molecule has 1 atom stereocenters. The maximum Gasteiger partial charge on any atom is 0.261 e. The highest BCUT2D eigenvalue weighted by molar-refractivity contribution is 7.92. The standard InChI is InChI=1S/C23H24N2O3S/c1-16-10-12-19(13-11-16)18(3)24-23(26)20-7-5-9-22(15-20)29(27,28)25-21-8-4-6-17(2)14-21/h4-15,18,25H,1-3H3,(H,24,26). The Labute approximate surface area is 171 Å². The predicted octanol–water partition coefficient (Wildman–Crippen LogP) is 4.60. The van der Waals surface area contributed by atoms with E-state index < -0.39 is 10.0 Å². The molecule has 150 valence electrons. The molecule has 0 aliphatic rings. The smallest absolute Gasteiger partial charge is 0.261 e. The van der Waals surface area contributed by atoms with Gasteiger partial charge >= 0.3 is 0 Å². The Bertz CT molecular complexity index is 1120. The average Bonchev–Trinajstić information content (AvgIpc) is 2.68. The summed E-state index contributed by atoms with van der Waals surface area (Å²) in [5.41, 5.74) is 3.84. The lowest BCUT2D eigenvalue weighted by Crippen LogP contribution is -2.27. The number of hydrogen-bond acceptors (Lipinski definition) is 3. The van der Waals surface area contributed by atoms with Crippen LogP contribution in [0.5, 0.6) is 0 Å². The van der Waals surface area contributed by atoms with Crippen molar-refractivity contribution in [1.29, 1.82) is 0 Å². The number of benzene rings is 3. The van der Waals surface area contributed by atoms with Gasteiger partial charge < -0.3 is 5.32 Å². The van der Waals surface area contributed by atoms with Crippen molar-refractivity contribution >= 4 is 21.6 Å². The van der Waals surface area contributed by atoms with E-state index in [1.807, 2.05) is 51.1 Å². The van der Waals surface area contributed by atoms with Gasteiger partial charge in [-0.2, -0.15) is 0 Å². The summed E-state index contributed by atoms with van der Waals surface area (Å²) in [6, 6.07) is 20.8. The summed E-state index contributed by atoms with van der Waals surface area (Å²) in [5.74, 6) is -0.328. The average molecular weight is 409 g/mol. The second-order valence-corrected chi connectivity index (χ2v) is 8.79. The van der Waals surface area contributed by atoms with Crippen molar-refractivity contribution < 1.29 is 13.2 Å². The van der Waals surface area contributed by atoms with Gasteiger partial charge in [0.15, 0.2) is 0 Å². The Hall–Kier alpha value is -3.12. The molecule has 0 saturated heterocycles. The molecule has 0 fully saturated rings. The van der Waals surface area contributed by atoms with Crippen LogP contribution in [-0.4, -0.2) is 14.3 Å². The molecule has 0 heterocycles. The van der Waals surface area contributed by atoms with Gasteiger partial charge in [-0.1, -0.05) is 48.0 Å². The van der Waals surface area contributed by atoms with Gasteiger partial charge in [-0.15, -0.1) is 0 Å². The molecule has 0 radical (unpaired) electrons. The Morgan fingerprint density at radius 1 is 0.862 bits per heavy atom. The fraction of sp³-hybridized carbons (Fsp3) is 0.174. The van der Waals surface area contributed by atoms with Crippen molar-refractivity contribution in [3.63, 3.8) is 0 Å². The van der Waals surface area contributed by atoms with E-state index in [0.29, 0.717) is 5.69 Å². The summed E-state index contributed by atoms with van der Waals surface area (Å²) in [7, 11) is -3.80. The van der Waals surface area contributed by atoms with Gasteiger partial charge in [0, 0.05) is 11.3 Å². The highest BCUT2D eigenvalue weighted by Gasteiger charge is 2.18. The third-order valence-corrected chi connectivity index (χ3v) is 5.98. The van der Waals surface area contributed by atoms with Crippen LogP contribution in [0.25, 0.3) is 0 Å². The lowest BCUT2D eigenvalue weighted by Gasteiger charge is -2.15. The molecular weight excluding hydrogens is 384 g/mol. The summed E-state index contributed by atoms with van der Waals surface area (Å²) < 4.78 is 28.0. The summed E-state index contributed by atoms with van der Waals surface area (Å²) >= 11 is 0. The summed E-state index contributed by atoms with van der Waals surface area (Å²) in [4.78, 5) is 12.7. The number of carbonyl (C=O) groups is 1. The topological polar surface area (TPSA) is 75.3 Å². The number of carbonyl (C=O) groups excluding carboxylic acids is 1. The van der Waals surface area contributed by atoms with Crippen LogP contribution in [0.3, 0.4) is 0 Å². The highest BCUT2D eigenvalue weighted by Crippen LogP contribution is 2.19. The Morgan fingerprint density at radius 2 is 1.55 bits per heavy atom. The molecule has 0 spiro atoms. The third kappa shape index (κ3) is 5.23. The van der Waals surface area contributed by atoms with E-state index in [1.54, 1.807) is 30.3 Å². The number of hydrogen-bond donors (Lipinski definition) is 2. The van der Waals surface area contributed by atoms with E-state index in [0.717, 1.165) is 16.7 Å². The fourth-order valence-electron chi connectivity index (χ4n) is 2.95. The molecule has 0 aliphatic heterocycles. The molecule has 0 saturated carbocycles. The van der Waals surface area contributed by atoms with Crippen LogP contribution in [0.2, 0.25) is 0 Å². The van der Waals surface area contributed by atoms with E-state index in [1.165, 1.54) is 12.1 Å². The van der Waals surface area contributed by atoms with Gasteiger partial charge in [0.25, 0.3) is 15.9 Å². The Kier molecular flexibility index (Phi) is 6.03. The van der Waals surface area contributed by atoms with Crippen LogP contribution < -0.4 is 10.0 Å². The van der Waals surface area contributed by atoms with E-state index in [9.17, 15) is 13.2 Å². The van der Waals surface area contributed by atoms with Crippen molar-refractivity contribution in [3.8, 4) is 0 Å². The molecule has 2 N–H and O–H groups in total. The molecule has 3 aromatic carbocycles. The first-order valence-electron chi connectivity index (χ1n) is 9.31. The molecule has 0 aliphatic carbocycles. The molecule has 5 nitrogen and oxygen atoms in total. The van der Waals surface area contributed by atoms with Crippen molar-refractivity contribution in [2.45, 2.75) is 31.7 Å². The number of amides is 1. The Balaban J connectivity index is 1.77. The molecule has 1 amide bonds. The number of nitrogens with one attached hydrogen (secondary N) is 2. The summed E-state index contributed by atoms with van der Waals surface area (Å²) in [6.45, 7) is 5.78. The summed E-state index contributed by atoms with van der Waals surface area (Å²) in [6.07, 6.45) is 0. The van der Waals surface area contributed by atoms with Gasteiger partial charge in [-0.25, -0.2) is 8.42 Å². The number of rotatable bonds is 6. The minimum absolute atomic E-state index is 0.0367. The molecule has 29 heavy (non-hydrogen) atoms. The monoisotopic (exact) mass is 408 g/mol. The largest absolute Gasteiger partial charge is 0.346 e. The van der Waals surface area contributed by atoms with Gasteiger partial charge in [0.1, 0.15) is 0 Å². The van der Waals surface area contributed by atoms with Crippen molar-refractivity contribution in [3.05, 3.63) is 95.1 Å². The predicted molar refractivity (Wildman–Crippen MR) is 115 cm³/mol.